The van der Waals surface area contributed by atoms with E-state index in [-0.39, 0.29) is 0 Å². The first kappa shape index (κ1) is 24.6. The van der Waals surface area contributed by atoms with Crippen molar-refractivity contribution in [2.75, 3.05) is 0 Å². The van der Waals surface area contributed by atoms with Crippen molar-refractivity contribution in [3.8, 4) is 33.9 Å². The molecule has 7 aromatic rings. The Hall–Kier alpha value is -5.48. The molecule has 0 radical (unpaired) electrons. The van der Waals surface area contributed by atoms with Crippen molar-refractivity contribution in [1.82, 2.24) is 19.1 Å². The smallest absolute Gasteiger partial charge is 0.138 e. The van der Waals surface area contributed by atoms with E-state index < -0.39 is 0 Å². The van der Waals surface area contributed by atoms with Crippen LogP contribution in [0.25, 0.3) is 57.4 Å². The zero-order valence-corrected chi connectivity index (χ0v) is 22.8. The summed E-state index contributed by atoms with van der Waals surface area (Å²) < 4.78 is 4.40. The molecule has 0 aliphatic carbocycles. The van der Waals surface area contributed by atoms with Crippen LogP contribution in [0.4, 0.5) is 0 Å². The molecule has 196 valence electrons. The average molecular weight is 529 g/mol. The lowest BCUT2D eigenvalue weighted by Crippen LogP contribution is -2.13. The average Bonchev–Trinajstić information content (AvgIpc) is 3.60. The Morgan fingerprint density at radius 2 is 1.29 bits per heavy atom. The minimum Gasteiger partial charge on any atom is -0.297 e. The number of aromatic nitrogens is 4. The van der Waals surface area contributed by atoms with E-state index in [2.05, 4.69) is 119 Å². The highest BCUT2D eigenvalue weighted by Crippen LogP contribution is 2.29. The maximum Gasteiger partial charge on any atom is 0.138 e. The van der Waals surface area contributed by atoms with E-state index in [1.54, 1.807) is 0 Å². The fourth-order valence-electron chi connectivity index (χ4n) is 5.57. The Bertz CT molecular complexity index is 2150. The number of pyridine rings is 1. The summed E-state index contributed by atoms with van der Waals surface area (Å²) in [5.74, 6) is 0.828. The minimum absolute atomic E-state index is 0.828. The lowest BCUT2D eigenvalue weighted by atomic mass is 10.0. The van der Waals surface area contributed by atoms with Crippen molar-refractivity contribution < 1.29 is 0 Å². The molecule has 41 heavy (non-hydrogen) atoms. The lowest BCUT2D eigenvalue weighted by Gasteiger charge is -2.13. The summed E-state index contributed by atoms with van der Waals surface area (Å²) in [6.45, 7) is 6.65. The van der Waals surface area contributed by atoms with Crippen LogP contribution in [0, 0.1) is 10.7 Å². The molecule has 0 spiro atoms. The molecule has 4 nitrogen and oxygen atoms in total. The third-order valence-corrected chi connectivity index (χ3v) is 7.53. The van der Waals surface area contributed by atoms with E-state index in [0.29, 0.717) is 0 Å². The normalized spacial score (nSPS) is 12.7. The zero-order valence-electron chi connectivity index (χ0n) is 22.8. The first-order chi connectivity index (χ1) is 20.2. The summed E-state index contributed by atoms with van der Waals surface area (Å²) in [6, 6.07) is 43.9. The second-order valence-electron chi connectivity index (χ2n) is 9.98. The largest absolute Gasteiger partial charge is 0.297 e. The first-order valence-electron chi connectivity index (χ1n) is 13.7. The van der Waals surface area contributed by atoms with Crippen LogP contribution in [0.3, 0.4) is 0 Å². The lowest BCUT2D eigenvalue weighted by molar-refractivity contribution is 0.947. The van der Waals surface area contributed by atoms with Crippen molar-refractivity contribution >= 4 is 23.6 Å². The maximum absolute atomic E-state index is 5.29. The highest BCUT2D eigenvalue weighted by molar-refractivity contribution is 5.83. The van der Waals surface area contributed by atoms with Gasteiger partial charge in [0.25, 0.3) is 0 Å². The van der Waals surface area contributed by atoms with Gasteiger partial charge in [0.1, 0.15) is 12.1 Å². The van der Waals surface area contributed by atoms with Gasteiger partial charge in [-0.15, -0.1) is 0 Å². The van der Waals surface area contributed by atoms with Crippen LogP contribution >= 0.6 is 0 Å². The van der Waals surface area contributed by atoms with Gasteiger partial charge in [-0.1, -0.05) is 110 Å². The fraction of sp³-hybridized carbons (Fsp3) is 0.0270. The van der Waals surface area contributed by atoms with E-state index in [0.717, 1.165) is 66.1 Å². The molecule has 0 amide bonds. The molecule has 0 saturated heterocycles. The second-order valence-corrected chi connectivity index (χ2v) is 9.98. The third-order valence-electron chi connectivity index (χ3n) is 7.53. The van der Waals surface area contributed by atoms with Gasteiger partial charge in [-0.25, -0.2) is 9.97 Å². The standard InChI is InChI=1S/C37H28N4/c1-3-32-37(40(25-38-32)30-19-11-6-12-20-30)36-26(2)31-21-13-14-22-34(31)41(36)35-24-29(27-15-7-4-8-16-27)23-33(39-35)28-17-9-5-10-18-28/h3-25H,2H2,1H3/b32-3+,37-36-. The first-order valence-corrected chi connectivity index (χ1v) is 13.7. The Morgan fingerprint density at radius 1 is 0.659 bits per heavy atom. The molecule has 3 heterocycles. The summed E-state index contributed by atoms with van der Waals surface area (Å²) in [7, 11) is 0. The molecule has 4 aromatic carbocycles. The predicted molar refractivity (Wildman–Crippen MR) is 168 cm³/mol. The van der Waals surface area contributed by atoms with Crippen molar-refractivity contribution in [3.05, 3.63) is 155 Å². The Balaban J connectivity index is 1.68. The van der Waals surface area contributed by atoms with Gasteiger partial charge in [-0.05, 0) is 48.4 Å². The van der Waals surface area contributed by atoms with Crippen LogP contribution in [0.2, 0.25) is 0 Å². The molecule has 0 unspecified atom stereocenters. The molecular formula is C37H28N4. The van der Waals surface area contributed by atoms with E-state index in [4.69, 9.17) is 9.97 Å². The van der Waals surface area contributed by atoms with Crippen LogP contribution in [-0.2, 0) is 0 Å². The SMILES string of the molecule is C=c1/c(=c2\c(=C/C)ncn2-c2ccccc2)n(-c2cc(-c3ccccc3)cc(-c3ccccc3)n2)c2ccccc12. The Morgan fingerprint density at radius 3 is 2.00 bits per heavy atom. The molecule has 4 heteroatoms. The van der Waals surface area contributed by atoms with Crippen molar-refractivity contribution in [1.29, 1.82) is 0 Å². The Kier molecular flexibility index (Phi) is 6.14. The molecule has 0 aliphatic rings. The molecule has 0 fully saturated rings. The number of hydrogen-bond acceptors (Lipinski definition) is 2. The van der Waals surface area contributed by atoms with Crippen LogP contribution < -0.4 is 10.6 Å². The molecular weight excluding hydrogens is 500 g/mol. The topological polar surface area (TPSA) is 35.6 Å². The van der Waals surface area contributed by atoms with Gasteiger partial charge >= 0.3 is 0 Å². The molecule has 0 N–H and O–H groups in total. The zero-order chi connectivity index (χ0) is 27.8. The number of hydrogen-bond donors (Lipinski definition) is 0. The number of para-hydroxylation sites is 2. The summed E-state index contributed by atoms with van der Waals surface area (Å²) in [5.41, 5.74) is 6.30. The molecule has 3 aromatic heterocycles. The highest BCUT2D eigenvalue weighted by atomic mass is 15.1. The van der Waals surface area contributed by atoms with Crippen molar-refractivity contribution in [2.45, 2.75) is 6.92 Å². The highest BCUT2D eigenvalue weighted by Gasteiger charge is 2.15. The molecule has 0 aliphatic heterocycles. The fourth-order valence-corrected chi connectivity index (χ4v) is 5.57. The van der Waals surface area contributed by atoms with Crippen molar-refractivity contribution in [2.24, 2.45) is 0 Å². The number of fused-ring (bicyclic) bond motifs is 1. The van der Waals surface area contributed by atoms with Gasteiger partial charge in [0.2, 0.25) is 0 Å². The maximum atomic E-state index is 5.29. The van der Waals surface area contributed by atoms with E-state index in [9.17, 15) is 0 Å². The number of rotatable bonds is 4. The molecule has 0 atom stereocenters. The van der Waals surface area contributed by atoms with Crippen LogP contribution in [-0.4, -0.2) is 19.1 Å². The van der Waals surface area contributed by atoms with Crippen molar-refractivity contribution in [3.63, 3.8) is 0 Å². The number of nitrogens with zero attached hydrogens (tertiary/aromatic N) is 4. The van der Waals surface area contributed by atoms with Crippen LogP contribution in [0.5, 0.6) is 0 Å². The van der Waals surface area contributed by atoms with E-state index in [1.165, 1.54) is 0 Å². The Labute approximate surface area is 238 Å². The molecule has 0 saturated carbocycles. The van der Waals surface area contributed by atoms with Crippen LogP contribution in [0.1, 0.15) is 6.92 Å². The number of imidazole rings is 1. The number of benzene rings is 4. The van der Waals surface area contributed by atoms with E-state index >= 15 is 0 Å². The summed E-state index contributed by atoms with van der Waals surface area (Å²) in [6.07, 6.45) is 3.95. The molecule has 7 rings (SSSR count). The quantitative estimate of drug-likeness (QED) is 0.246. The summed E-state index contributed by atoms with van der Waals surface area (Å²) >= 11 is 0. The minimum atomic E-state index is 0.828. The van der Waals surface area contributed by atoms with Gasteiger partial charge in [0.15, 0.2) is 0 Å². The second kappa shape index (κ2) is 10.2. The van der Waals surface area contributed by atoms with Crippen LogP contribution in [0.15, 0.2) is 134 Å². The van der Waals surface area contributed by atoms with Gasteiger partial charge in [0, 0.05) is 21.9 Å². The monoisotopic (exact) mass is 528 g/mol. The van der Waals surface area contributed by atoms with Gasteiger partial charge in [-0.2, -0.15) is 0 Å². The van der Waals surface area contributed by atoms with E-state index in [1.807, 2.05) is 43.6 Å². The van der Waals surface area contributed by atoms with Gasteiger partial charge in [-0.3, -0.25) is 9.13 Å². The predicted octanol–water partition coefficient (Wildman–Crippen LogP) is 7.04. The molecule has 0 bridgehead atoms. The van der Waals surface area contributed by atoms with Gasteiger partial charge in [0.05, 0.1) is 27.3 Å². The summed E-state index contributed by atoms with van der Waals surface area (Å²) in [5, 5.41) is 4.86. The third kappa shape index (κ3) is 4.26. The van der Waals surface area contributed by atoms with Gasteiger partial charge < -0.3 is 0 Å². The summed E-state index contributed by atoms with van der Waals surface area (Å²) in [4.78, 5) is 10.1.